The number of ketones is 1. The Morgan fingerprint density at radius 1 is 1.26 bits per heavy atom. The summed E-state index contributed by atoms with van der Waals surface area (Å²) in [6, 6.07) is 7.47. The fourth-order valence-electron chi connectivity index (χ4n) is 3.84. The largest absolute Gasteiger partial charge is 0.383 e. The van der Waals surface area contributed by atoms with Gasteiger partial charge in [0.1, 0.15) is 17.3 Å². The Balaban J connectivity index is 1.50. The van der Waals surface area contributed by atoms with Crippen LogP contribution in [0.3, 0.4) is 0 Å². The molecule has 1 amide bonds. The van der Waals surface area contributed by atoms with Crippen LogP contribution in [0.15, 0.2) is 36.5 Å². The SMILES string of the molecule is CC(C)c1cc(C(=O)N2CCC[C@H](C(=O)c3cnn(-c4ccc(F)cc4)c3N)C2)n[nH]1. The first kappa shape index (κ1) is 20.8. The number of nitrogens with one attached hydrogen (secondary N) is 1. The average Bonchev–Trinajstić information content (AvgIpc) is 3.41. The van der Waals surface area contributed by atoms with E-state index in [1.165, 1.54) is 23.0 Å². The molecule has 0 bridgehead atoms. The Bertz CT molecular complexity index is 1100. The fraction of sp³-hybridized carbons (Fsp3) is 0.364. The molecule has 8 nitrogen and oxygen atoms in total. The predicted molar refractivity (Wildman–Crippen MR) is 114 cm³/mol. The summed E-state index contributed by atoms with van der Waals surface area (Å²) in [7, 11) is 0. The molecule has 1 saturated heterocycles. The molecule has 0 saturated carbocycles. The number of hydrogen-bond donors (Lipinski definition) is 2. The first-order valence-corrected chi connectivity index (χ1v) is 10.3. The van der Waals surface area contributed by atoms with Crippen LogP contribution in [0.5, 0.6) is 0 Å². The van der Waals surface area contributed by atoms with Gasteiger partial charge in [-0.15, -0.1) is 0 Å². The van der Waals surface area contributed by atoms with Gasteiger partial charge in [0.15, 0.2) is 5.78 Å². The van der Waals surface area contributed by atoms with Crippen molar-refractivity contribution < 1.29 is 14.0 Å². The number of nitrogens with two attached hydrogens (primary N) is 1. The summed E-state index contributed by atoms with van der Waals surface area (Å²) in [6.07, 6.45) is 2.82. The molecular formula is C22H25FN6O2. The highest BCUT2D eigenvalue weighted by Crippen LogP contribution is 2.26. The molecule has 0 radical (unpaired) electrons. The van der Waals surface area contributed by atoms with Crippen molar-refractivity contribution in [2.45, 2.75) is 32.6 Å². The van der Waals surface area contributed by atoms with Gasteiger partial charge in [-0.3, -0.25) is 14.7 Å². The molecule has 1 aliphatic rings. The maximum absolute atomic E-state index is 13.2. The molecule has 1 aliphatic heterocycles. The molecule has 3 aromatic rings. The van der Waals surface area contributed by atoms with Crippen LogP contribution in [0.1, 0.15) is 59.1 Å². The molecule has 31 heavy (non-hydrogen) atoms. The van der Waals surface area contributed by atoms with E-state index in [2.05, 4.69) is 15.3 Å². The zero-order valence-electron chi connectivity index (χ0n) is 17.5. The zero-order valence-corrected chi connectivity index (χ0v) is 17.5. The summed E-state index contributed by atoms with van der Waals surface area (Å²) in [5, 5.41) is 11.2. The highest BCUT2D eigenvalue weighted by molar-refractivity contribution is 6.02. The number of aromatic amines is 1. The number of likely N-dealkylation sites (tertiary alicyclic amines) is 1. The zero-order chi connectivity index (χ0) is 22.1. The molecule has 0 aliphatic carbocycles. The molecule has 4 rings (SSSR count). The highest BCUT2D eigenvalue weighted by atomic mass is 19.1. The smallest absolute Gasteiger partial charge is 0.274 e. The van der Waals surface area contributed by atoms with E-state index in [0.717, 1.165) is 12.1 Å². The van der Waals surface area contributed by atoms with Gasteiger partial charge in [0.2, 0.25) is 0 Å². The lowest BCUT2D eigenvalue weighted by molar-refractivity contribution is 0.0632. The molecule has 1 atom stereocenters. The highest BCUT2D eigenvalue weighted by Gasteiger charge is 2.32. The maximum atomic E-state index is 13.2. The average molecular weight is 424 g/mol. The number of H-pyrrole nitrogens is 1. The Morgan fingerprint density at radius 3 is 2.68 bits per heavy atom. The van der Waals surface area contributed by atoms with Gasteiger partial charge >= 0.3 is 0 Å². The molecule has 1 fully saturated rings. The number of carbonyl (C=O) groups excluding carboxylic acids is 2. The Labute approximate surface area is 179 Å². The van der Waals surface area contributed by atoms with Gasteiger partial charge in [-0.25, -0.2) is 9.07 Å². The first-order valence-electron chi connectivity index (χ1n) is 10.3. The van der Waals surface area contributed by atoms with Gasteiger partial charge < -0.3 is 10.6 Å². The summed E-state index contributed by atoms with van der Waals surface area (Å²) in [5.41, 5.74) is 8.33. The van der Waals surface area contributed by atoms with Gasteiger partial charge in [-0.05, 0) is 49.1 Å². The molecule has 1 aromatic carbocycles. The number of Topliss-reactive ketones (excluding diaryl/α,β-unsaturated/α-hetero) is 1. The normalized spacial score (nSPS) is 16.6. The van der Waals surface area contributed by atoms with Crippen molar-refractivity contribution in [2.24, 2.45) is 5.92 Å². The molecule has 2 aromatic heterocycles. The second-order valence-electron chi connectivity index (χ2n) is 8.15. The van der Waals surface area contributed by atoms with Gasteiger partial charge in [0.25, 0.3) is 5.91 Å². The summed E-state index contributed by atoms with van der Waals surface area (Å²) in [6.45, 7) is 4.93. The van der Waals surface area contributed by atoms with Crippen molar-refractivity contribution in [2.75, 3.05) is 18.8 Å². The lowest BCUT2D eigenvalue weighted by atomic mass is 9.90. The number of nitrogens with zero attached hydrogens (tertiary/aromatic N) is 4. The van der Waals surface area contributed by atoms with Gasteiger partial charge in [0, 0.05) is 24.7 Å². The number of nitrogen functional groups attached to an aromatic ring is 1. The van der Waals surface area contributed by atoms with Crippen LogP contribution in [0.2, 0.25) is 0 Å². The first-order chi connectivity index (χ1) is 14.8. The van der Waals surface area contributed by atoms with Crippen LogP contribution in [0.4, 0.5) is 10.2 Å². The number of carbonyl (C=O) groups is 2. The summed E-state index contributed by atoms with van der Waals surface area (Å²) in [4.78, 5) is 27.7. The molecule has 3 heterocycles. The third-order valence-corrected chi connectivity index (χ3v) is 5.66. The molecule has 3 N–H and O–H groups in total. The minimum Gasteiger partial charge on any atom is -0.383 e. The van der Waals surface area contributed by atoms with E-state index in [9.17, 15) is 14.0 Å². The van der Waals surface area contributed by atoms with E-state index in [0.29, 0.717) is 36.5 Å². The predicted octanol–water partition coefficient (Wildman–Crippen LogP) is 3.18. The van der Waals surface area contributed by atoms with E-state index in [1.54, 1.807) is 23.1 Å². The van der Waals surface area contributed by atoms with Crippen molar-refractivity contribution >= 4 is 17.5 Å². The number of anilines is 1. The van der Waals surface area contributed by atoms with Gasteiger partial charge in [-0.2, -0.15) is 10.2 Å². The summed E-state index contributed by atoms with van der Waals surface area (Å²) in [5.74, 6) is -0.618. The van der Waals surface area contributed by atoms with Crippen LogP contribution in [-0.2, 0) is 0 Å². The van der Waals surface area contributed by atoms with Crippen molar-refractivity contribution in [3.63, 3.8) is 0 Å². The van der Waals surface area contributed by atoms with Gasteiger partial charge in [-0.1, -0.05) is 13.8 Å². The minimum atomic E-state index is -0.366. The van der Waals surface area contributed by atoms with Crippen LogP contribution < -0.4 is 5.73 Å². The number of aromatic nitrogens is 4. The van der Waals surface area contributed by atoms with Crippen LogP contribution in [0, 0.1) is 11.7 Å². The van der Waals surface area contributed by atoms with E-state index >= 15 is 0 Å². The van der Waals surface area contributed by atoms with Crippen molar-refractivity contribution in [1.82, 2.24) is 24.9 Å². The molecular weight excluding hydrogens is 399 g/mol. The minimum absolute atomic E-state index is 0.145. The fourth-order valence-corrected chi connectivity index (χ4v) is 3.84. The van der Waals surface area contributed by atoms with E-state index in [-0.39, 0.29) is 35.2 Å². The number of hydrogen-bond acceptors (Lipinski definition) is 5. The number of piperidine rings is 1. The maximum Gasteiger partial charge on any atom is 0.274 e. The topological polar surface area (TPSA) is 110 Å². The monoisotopic (exact) mass is 424 g/mol. The molecule has 0 unspecified atom stereocenters. The van der Waals surface area contributed by atoms with Crippen LogP contribution in [-0.4, -0.2) is 49.7 Å². The number of amides is 1. The quantitative estimate of drug-likeness (QED) is 0.612. The lowest BCUT2D eigenvalue weighted by Crippen LogP contribution is -2.42. The number of halogens is 1. The van der Waals surface area contributed by atoms with Crippen LogP contribution in [0.25, 0.3) is 5.69 Å². The number of benzene rings is 1. The van der Waals surface area contributed by atoms with Crippen LogP contribution >= 0.6 is 0 Å². The van der Waals surface area contributed by atoms with Crippen molar-refractivity contribution in [1.29, 1.82) is 0 Å². The standard InChI is InChI=1S/C22H25FN6O2/c1-13(2)18-10-19(27-26-18)22(31)28-9-3-4-14(12-28)20(30)17-11-25-29(21(17)24)16-7-5-15(23)6-8-16/h5-8,10-11,13-14H,3-4,9,12,24H2,1-2H3,(H,26,27)/t14-/m0/s1. The third kappa shape index (κ3) is 4.08. The Kier molecular flexibility index (Phi) is 5.58. The lowest BCUT2D eigenvalue weighted by Gasteiger charge is -2.31. The van der Waals surface area contributed by atoms with Crippen molar-refractivity contribution in [3.05, 3.63) is 59.3 Å². The van der Waals surface area contributed by atoms with E-state index in [1.807, 2.05) is 13.8 Å². The summed E-state index contributed by atoms with van der Waals surface area (Å²) < 4.78 is 14.6. The molecule has 0 spiro atoms. The Morgan fingerprint density at radius 2 is 2.00 bits per heavy atom. The number of rotatable bonds is 5. The second kappa shape index (κ2) is 8.33. The second-order valence-corrected chi connectivity index (χ2v) is 8.15. The Hall–Kier alpha value is -3.49. The van der Waals surface area contributed by atoms with E-state index < -0.39 is 0 Å². The van der Waals surface area contributed by atoms with E-state index in [4.69, 9.17) is 5.73 Å². The van der Waals surface area contributed by atoms with Gasteiger partial charge in [0.05, 0.1) is 17.4 Å². The third-order valence-electron chi connectivity index (χ3n) is 5.66. The summed E-state index contributed by atoms with van der Waals surface area (Å²) >= 11 is 0. The molecule has 9 heteroatoms. The molecule has 162 valence electrons. The van der Waals surface area contributed by atoms with Crippen molar-refractivity contribution in [3.8, 4) is 5.69 Å².